The Bertz CT molecular complexity index is 1450. The molecule has 11 heteroatoms. The lowest BCUT2D eigenvalue weighted by Crippen LogP contribution is -2.40. The van der Waals surface area contributed by atoms with E-state index in [2.05, 4.69) is 10.5 Å². The van der Waals surface area contributed by atoms with Crippen LogP contribution in [0.4, 0.5) is 5.69 Å². The maximum Gasteiger partial charge on any atom is 0.264 e. The van der Waals surface area contributed by atoms with E-state index in [1.165, 1.54) is 32.4 Å². The zero-order chi connectivity index (χ0) is 27.3. The van der Waals surface area contributed by atoms with Crippen molar-refractivity contribution in [3.8, 4) is 23.0 Å². The van der Waals surface area contributed by atoms with Gasteiger partial charge in [-0.1, -0.05) is 17.7 Å². The predicted molar refractivity (Wildman–Crippen MR) is 143 cm³/mol. The number of rotatable bonds is 9. The molecule has 0 saturated heterocycles. The number of hydrogen-bond acceptors (Lipinski definition) is 8. The van der Waals surface area contributed by atoms with Gasteiger partial charge in [-0.25, -0.2) is 13.8 Å². The van der Waals surface area contributed by atoms with Crippen LogP contribution in [0, 0.1) is 6.92 Å². The summed E-state index contributed by atoms with van der Waals surface area (Å²) in [6.07, 6.45) is 0. The van der Waals surface area contributed by atoms with E-state index in [4.69, 9.17) is 18.9 Å². The smallest absolute Gasteiger partial charge is 0.264 e. The van der Waals surface area contributed by atoms with E-state index >= 15 is 0 Å². The van der Waals surface area contributed by atoms with E-state index in [0.29, 0.717) is 41.7 Å². The largest absolute Gasteiger partial charge is 0.497 e. The van der Waals surface area contributed by atoms with Crippen LogP contribution < -0.4 is 28.7 Å². The normalized spacial score (nSPS) is 13.0. The maximum atomic E-state index is 13.7. The molecule has 3 aromatic rings. The summed E-state index contributed by atoms with van der Waals surface area (Å²) in [6, 6.07) is 16.4. The molecular weight excluding hydrogens is 510 g/mol. The van der Waals surface area contributed by atoms with Crippen LogP contribution in [-0.4, -0.2) is 54.0 Å². The molecule has 0 radical (unpaired) electrons. The summed E-state index contributed by atoms with van der Waals surface area (Å²) in [5, 5.41) is 4.18. The molecular formula is C27H29N3O7S. The molecule has 1 heterocycles. The topological polar surface area (TPSA) is 116 Å². The molecule has 0 unspecified atom stereocenters. The SMILES string of the molecule is COc1ccc(OC)c(N(CC(=O)N/N=C(/C)c2ccc3c(c2)OCCO3)S(=O)(=O)c2ccc(C)cc2)c1. The molecule has 1 amide bonds. The standard InChI is InChI=1S/C27H29N3O7S/c1-18-5-9-22(10-6-18)38(32,33)30(23-16-21(34-3)8-12-24(23)35-4)17-27(31)29-28-19(2)20-7-11-25-26(15-20)37-14-13-36-25/h5-12,15-16H,13-14,17H2,1-4H3,(H,29,31)/b28-19-. The Morgan fingerprint density at radius 1 is 0.974 bits per heavy atom. The molecule has 0 aliphatic carbocycles. The van der Waals surface area contributed by atoms with Gasteiger partial charge in [0.05, 0.1) is 30.5 Å². The third-order valence-corrected chi connectivity index (χ3v) is 7.63. The molecule has 10 nitrogen and oxygen atoms in total. The van der Waals surface area contributed by atoms with Crippen molar-refractivity contribution < 1.29 is 32.2 Å². The molecule has 0 atom stereocenters. The van der Waals surface area contributed by atoms with Gasteiger partial charge in [0, 0.05) is 11.6 Å². The van der Waals surface area contributed by atoms with Crippen LogP contribution >= 0.6 is 0 Å². The second kappa shape index (κ2) is 11.4. The van der Waals surface area contributed by atoms with Crippen molar-refractivity contribution in [1.82, 2.24) is 5.43 Å². The fraction of sp³-hybridized carbons (Fsp3) is 0.259. The number of sulfonamides is 1. The van der Waals surface area contributed by atoms with E-state index in [9.17, 15) is 13.2 Å². The zero-order valence-corrected chi connectivity index (χ0v) is 22.4. The molecule has 0 fully saturated rings. The summed E-state index contributed by atoms with van der Waals surface area (Å²) in [7, 11) is -1.28. The van der Waals surface area contributed by atoms with Crippen molar-refractivity contribution in [1.29, 1.82) is 0 Å². The van der Waals surface area contributed by atoms with Crippen LogP contribution in [0.2, 0.25) is 0 Å². The Labute approximate surface area is 221 Å². The summed E-state index contributed by atoms with van der Waals surface area (Å²) in [5.74, 6) is 1.24. The maximum absolute atomic E-state index is 13.7. The van der Waals surface area contributed by atoms with Gasteiger partial charge in [-0.3, -0.25) is 9.10 Å². The molecule has 1 aliphatic rings. The van der Waals surface area contributed by atoms with Crippen LogP contribution in [0.5, 0.6) is 23.0 Å². The number of hydrogen-bond donors (Lipinski definition) is 1. The summed E-state index contributed by atoms with van der Waals surface area (Å²) in [5.41, 5.74) is 4.72. The van der Waals surface area contributed by atoms with Gasteiger partial charge in [0.2, 0.25) is 0 Å². The molecule has 1 N–H and O–H groups in total. The first-order valence-corrected chi connectivity index (χ1v) is 13.2. The number of fused-ring (bicyclic) bond motifs is 1. The molecule has 0 bridgehead atoms. The highest BCUT2D eigenvalue weighted by molar-refractivity contribution is 7.92. The van der Waals surface area contributed by atoms with Crippen LogP contribution in [0.15, 0.2) is 70.7 Å². The average molecular weight is 540 g/mol. The Hall–Kier alpha value is -4.25. The fourth-order valence-electron chi connectivity index (χ4n) is 3.77. The van der Waals surface area contributed by atoms with Gasteiger partial charge in [0.1, 0.15) is 31.3 Å². The van der Waals surface area contributed by atoms with Crippen LogP contribution in [0.1, 0.15) is 18.1 Å². The lowest BCUT2D eigenvalue weighted by Gasteiger charge is -2.25. The molecule has 4 rings (SSSR count). The van der Waals surface area contributed by atoms with Crippen LogP contribution in [-0.2, 0) is 14.8 Å². The molecule has 1 aliphatic heterocycles. The Balaban J connectivity index is 1.63. The zero-order valence-electron chi connectivity index (χ0n) is 21.6. The molecule has 0 spiro atoms. The first-order chi connectivity index (χ1) is 18.2. The molecule has 3 aromatic carbocycles. The second-order valence-electron chi connectivity index (χ2n) is 8.45. The third kappa shape index (κ3) is 5.83. The highest BCUT2D eigenvalue weighted by atomic mass is 32.2. The second-order valence-corrected chi connectivity index (χ2v) is 10.3. The van der Waals surface area contributed by atoms with E-state index in [1.54, 1.807) is 49.4 Å². The summed E-state index contributed by atoms with van der Waals surface area (Å²) < 4.78 is 50.3. The van der Waals surface area contributed by atoms with E-state index in [0.717, 1.165) is 9.87 Å². The summed E-state index contributed by atoms with van der Waals surface area (Å²) in [4.78, 5) is 13.1. The number of nitrogens with one attached hydrogen (secondary N) is 1. The van der Waals surface area contributed by atoms with E-state index in [-0.39, 0.29) is 16.3 Å². The number of amides is 1. The summed E-state index contributed by atoms with van der Waals surface area (Å²) >= 11 is 0. The Kier molecular flexibility index (Phi) is 8.06. The highest BCUT2D eigenvalue weighted by Gasteiger charge is 2.30. The predicted octanol–water partition coefficient (Wildman–Crippen LogP) is 3.52. The number of aryl methyl sites for hydroxylation is 1. The van der Waals surface area contributed by atoms with Crippen LogP contribution in [0.3, 0.4) is 0 Å². The number of benzene rings is 3. The van der Waals surface area contributed by atoms with Crippen molar-refractivity contribution >= 4 is 27.3 Å². The van der Waals surface area contributed by atoms with Gasteiger partial charge < -0.3 is 18.9 Å². The van der Waals surface area contributed by atoms with Gasteiger partial charge in [-0.2, -0.15) is 5.10 Å². The van der Waals surface area contributed by atoms with Crippen molar-refractivity contribution in [2.24, 2.45) is 5.10 Å². The van der Waals surface area contributed by atoms with Gasteiger partial charge in [0.15, 0.2) is 11.5 Å². The number of methoxy groups -OCH3 is 2. The van der Waals surface area contributed by atoms with Gasteiger partial charge in [-0.05, 0) is 56.3 Å². The van der Waals surface area contributed by atoms with Gasteiger partial charge in [-0.15, -0.1) is 0 Å². The van der Waals surface area contributed by atoms with E-state index in [1.807, 2.05) is 6.92 Å². The monoisotopic (exact) mass is 539 g/mol. The van der Waals surface area contributed by atoms with E-state index < -0.39 is 22.5 Å². The Morgan fingerprint density at radius 2 is 1.68 bits per heavy atom. The van der Waals surface area contributed by atoms with Crippen molar-refractivity contribution in [2.45, 2.75) is 18.7 Å². The molecule has 200 valence electrons. The lowest BCUT2D eigenvalue weighted by molar-refractivity contribution is -0.119. The molecule has 0 saturated carbocycles. The minimum absolute atomic E-state index is 0.0248. The Morgan fingerprint density at radius 3 is 2.37 bits per heavy atom. The third-order valence-electron chi connectivity index (χ3n) is 5.86. The van der Waals surface area contributed by atoms with Crippen molar-refractivity contribution in [3.63, 3.8) is 0 Å². The first-order valence-electron chi connectivity index (χ1n) is 11.8. The average Bonchev–Trinajstić information content (AvgIpc) is 2.94. The van der Waals surface area contributed by atoms with Crippen LogP contribution in [0.25, 0.3) is 0 Å². The quantitative estimate of drug-likeness (QED) is 0.327. The molecule has 0 aromatic heterocycles. The number of hydrazone groups is 1. The fourth-order valence-corrected chi connectivity index (χ4v) is 5.20. The van der Waals surface area contributed by atoms with Gasteiger partial charge >= 0.3 is 0 Å². The number of ether oxygens (including phenoxy) is 4. The number of nitrogens with zero attached hydrogens (tertiary/aromatic N) is 2. The van der Waals surface area contributed by atoms with Gasteiger partial charge in [0.25, 0.3) is 15.9 Å². The lowest BCUT2D eigenvalue weighted by atomic mass is 10.1. The number of carbonyl (C=O) groups is 1. The minimum atomic E-state index is -4.17. The summed E-state index contributed by atoms with van der Waals surface area (Å²) in [6.45, 7) is 3.95. The molecule has 38 heavy (non-hydrogen) atoms. The van der Waals surface area contributed by atoms with Crippen molar-refractivity contribution in [3.05, 3.63) is 71.8 Å². The highest BCUT2D eigenvalue weighted by Crippen LogP contribution is 2.36. The first kappa shape index (κ1) is 26.8. The minimum Gasteiger partial charge on any atom is -0.497 e. The number of carbonyl (C=O) groups excluding carboxylic acids is 1. The van der Waals surface area contributed by atoms with Crippen molar-refractivity contribution in [2.75, 3.05) is 38.3 Å². The number of anilines is 1.